The third kappa shape index (κ3) is 2.51. The van der Waals surface area contributed by atoms with Crippen molar-refractivity contribution in [2.45, 2.75) is 51.3 Å². The number of hydrogen-bond acceptors (Lipinski definition) is 2. The summed E-state index contributed by atoms with van der Waals surface area (Å²) in [5, 5.41) is 10.4. The van der Waals surface area contributed by atoms with Gasteiger partial charge in [-0.3, -0.25) is 0 Å². The molecule has 2 unspecified atom stereocenters. The molecule has 0 aromatic rings. The quantitative estimate of drug-likeness (QED) is 0.777. The molecule has 1 aliphatic carbocycles. The van der Waals surface area contributed by atoms with Crippen LogP contribution in [-0.2, 0) is 0 Å². The Hall–Kier alpha value is -0.290. The van der Waals surface area contributed by atoms with Crippen LogP contribution >= 0.6 is 0 Å². The zero-order valence-electron chi connectivity index (χ0n) is 9.77. The third-order valence-electron chi connectivity index (χ3n) is 3.96. The summed E-state index contributed by atoms with van der Waals surface area (Å²) in [6.07, 6.45) is -3.50. The highest BCUT2D eigenvalue weighted by Crippen LogP contribution is 2.48. The first kappa shape index (κ1) is 13.8. The second kappa shape index (κ2) is 4.18. The first-order chi connectivity index (χ1) is 7.12. The summed E-state index contributed by atoms with van der Waals surface area (Å²) in [5.41, 5.74) is 3.57. The van der Waals surface area contributed by atoms with Gasteiger partial charge in [0.15, 0.2) is 0 Å². The lowest BCUT2D eigenvalue weighted by Gasteiger charge is -2.47. The lowest BCUT2D eigenvalue weighted by atomic mass is 9.64. The molecule has 0 heterocycles. The first-order valence-electron chi connectivity index (χ1n) is 5.61. The average Bonchev–Trinajstić information content (AvgIpc) is 2.16. The van der Waals surface area contributed by atoms with Crippen molar-refractivity contribution >= 4 is 0 Å². The smallest absolute Gasteiger partial charge is 0.389 e. The molecule has 0 saturated heterocycles. The summed E-state index contributed by atoms with van der Waals surface area (Å²) in [6.45, 7) is 3.64. The highest BCUT2D eigenvalue weighted by atomic mass is 19.4. The molecule has 0 amide bonds. The molecule has 0 radical (unpaired) electrons. The van der Waals surface area contributed by atoms with Crippen molar-refractivity contribution in [1.29, 1.82) is 0 Å². The highest BCUT2D eigenvalue weighted by molar-refractivity contribution is 4.99. The molecule has 1 rings (SSSR count). The van der Waals surface area contributed by atoms with Gasteiger partial charge in [0.2, 0.25) is 0 Å². The molecule has 0 spiro atoms. The maximum absolute atomic E-state index is 12.6. The minimum Gasteiger partial charge on any atom is -0.389 e. The Balaban J connectivity index is 2.84. The number of aliphatic hydroxyl groups is 1. The van der Waals surface area contributed by atoms with Crippen LogP contribution in [0.3, 0.4) is 0 Å². The molecule has 16 heavy (non-hydrogen) atoms. The molecular formula is C11H20F3NO. The summed E-state index contributed by atoms with van der Waals surface area (Å²) < 4.78 is 37.9. The molecule has 0 aromatic heterocycles. The van der Waals surface area contributed by atoms with E-state index in [9.17, 15) is 18.3 Å². The van der Waals surface area contributed by atoms with E-state index in [-0.39, 0.29) is 19.4 Å². The molecule has 2 atom stereocenters. The Morgan fingerprint density at radius 2 is 1.94 bits per heavy atom. The van der Waals surface area contributed by atoms with Crippen LogP contribution in [0.5, 0.6) is 0 Å². The fourth-order valence-corrected chi connectivity index (χ4v) is 2.34. The van der Waals surface area contributed by atoms with Gasteiger partial charge in [0.25, 0.3) is 0 Å². The van der Waals surface area contributed by atoms with Crippen molar-refractivity contribution in [1.82, 2.24) is 0 Å². The fourth-order valence-electron chi connectivity index (χ4n) is 2.34. The van der Waals surface area contributed by atoms with Crippen LogP contribution in [0.1, 0.15) is 39.5 Å². The SMILES string of the molecule is CC(C)(CN)C1(O)CCCC(C(F)(F)F)C1. The van der Waals surface area contributed by atoms with E-state index in [1.807, 2.05) is 0 Å². The first-order valence-corrected chi connectivity index (χ1v) is 5.61. The van der Waals surface area contributed by atoms with E-state index < -0.39 is 23.1 Å². The molecule has 5 heteroatoms. The molecule has 3 N–H and O–H groups in total. The largest absolute Gasteiger partial charge is 0.391 e. The Morgan fingerprint density at radius 3 is 2.38 bits per heavy atom. The maximum Gasteiger partial charge on any atom is 0.391 e. The summed E-state index contributed by atoms with van der Waals surface area (Å²) >= 11 is 0. The van der Waals surface area contributed by atoms with E-state index in [4.69, 9.17) is 5.73 Å². The van der Waals surface area contributed by atoms with Gasteiger partial charge in [-0.2, -0.15) is 13.2 Å². The Kier molecular flexibility index (Phi) is 3.60. The normalized spacial score (nSPS) is 32.8. The van der Waals surface area contributed by atoms with Crippen molar-refractivity contribution in [3.63, 3.8) is 0 Å². The molecule has 96 valence electrons. The number of alkyl halides is 3. The topological polar surface area (TPSA) is 46.2 Å². The van der Waals surface area contributed by atoms with Crippen LogP contribution in [0.15, 0.2) is 0 Å². The lowest BCUT2D eigenvalue weighted by Crippen LogP contribution is -2.53. The zero-order valence-corrected chi connectivity index (χ0v) is 9.77. The van der Waals surface area contributed by atoms with Gasteiger partial charge in [-0.25, -0.2) is 0 Å². The Morgan fingerprint density at radius 1 is 1.38 bits per heavy atom. The number of halogens is 3. The zero-order chi connectivity index (χ0) is 12.6. The van der Waals surface area contributed by atoms with Gasteiger partial charge in [-0.1, -0.05) is 13.8 Å². The number of hydrogen-bond donors (Lipinski definition) is 2. The van der Waals surface area contributed by atoms with Crippen molar-refractivity contribution < 1.29 is 18.3 Å². The fraction of sp³-hybridized carbons (Fsp3) is 1.00. The van der Waals surface area contributed by atoms with Crippen molar-refractivity contribution in [2.24, 2.45) is 17.1 Å². The molecule has 0 aromatic carbocycles. The van der Waals surface area contributed by atoms with Crippen molar-refractivity contribution in [3.05, 3.63) is 0 Å². The predicted molar refractivity (Wildman–Crippen MR) is 55.8 cm³/mol. The monoisotopic (exact) mass is 239 g/mol. The molecule has 2 nitrogen and oxygen atoms in total. The minimum atomic E-state index is -4.21. The minimum absolute atomic E-state index is 0.118. The maximum atomic E-state index is 12.6. The van der Waals surface area contributed by atoms with E-state index in [1.54, 1.807) is 13.8 Å². The van der Waals surface area contributed by atoms with E-state index >= 15 is 0 Å². The average molecular weight is 239 g/mol. The van der Waals surface area contributed by atoms with E-state index in [0.29, 0.717) is 12.8 Å². The van der Waals surface area contributed by atoms with Crippen LogP contribution in [0.25, 0.3) is 0 Å². The molecule has 0 aliphatic heterocycles. The van der Waals surface area contributed by atoms with Crippen LogP contribution in [0.4, 0.5) is 13.2 Å². The summed E-state index contributed by atoms with van der Waals surface area (Å²) in [4.78, 5) is 0. The Bertz CT molecular complexity index is 252. The molecule has 1 saturated carbocycles. The second-order valence-corrected chi connectivity index (χ2v) is 5.45. The van der Waals surface area contributed by atoms with E-state index in [0.717, 1.165) is 0 Å². The van der Waals surface area contributed by atoms with Crippen LogP contribution in [-0.4, -0.2) is 23.4 Å². The molecule has 0 bridgehead atoms. The number of nitrogens with two attached hydrogens (primary N) is 1. The summed E-state index contributed by atoms with van der Waals surface area (Å²) in [5.74, 6) is -1.39. The van der Waals surface area contributed by atoms with Gasteiger partial charge in [-0.05, 0) is 25.7 Å². The third-order valence-corrected chi connectivity index (χ3v) is 3.96. The van der Waals surface area contributed by atoms with Gasteiger partial charge < -0.3 is 10.8 Å². The van der Waals surface area contributed by atoms with E-state index in [1.165, 1.54) is 0 Å². The van der Waals surface area contributed by atoms with Gasteiger partial charge in [0.1, 0.15) is 0 Å². The number of rotatable bonds is 2. The van der Waals surface area contributed by atoms with Crippen LogP contribution in [0, 0.1) is 11.3 Å². The molecular weight excluding hydrogens is 219 g/mol. The summed E-state index contributed by atoms with van der Waals surface area (Å²) in [7, 11) is 0. The predicted octanol–water partition coefficient (Wildman–Crippen LogP) is 2.45. The lowest BCUT2D eigenvalue weighted by molar-refractivity contribution is -0.213. The van der Waals surface area contributed by atoms with Gasteiger partial charge >= 0.3 is 6.18 Å². The van der Waals surface area contributed by atoms with Crippen LogP contribution < -0.4 is 5.73 Å². The highest BCUT2D eigenvalue weighted by Gasteiger charge is 2.52. The van der Waals surface area contributed by atoms with Gasteiger partial charge in [0, 0.05) is 12.0 Å². The van der Waals surface area contributed by atoms with Crippen molar-refractivity contribution in [3.8, 4) is 0 Å². The Labute approximate surface area is 94.0 Å². The van der Waals surface area contributed by atoms with Gasteiger partial charge in [-0.15, -0.1) is 0 Å². The van der Waals surface area contributed by atoms with Crippen LogP contribution in [0.2, 0.25) is 0 Å². The van der Waals surface area contributed by atoms with Gasteiger partial charge in [0.05, 0.1) is 11.5 Å². The molecule has 1 aliphatic rings. The second-order valence-electron chi connectivity index (χ2n) is 5.45. The standard InChI is InChI=1S/C11H20F3NO/c1-9(2,7-15)10(16)5-3-4-8(6-10)11(12,13)14/h8,16H,3-7,15H2,1-2H3. The van der Waals surface area contributed by atoms with E-state index in [2.05, 4.69) is 0 Å². The molecule has 1 fully saturated rings. The summed E-state index contributed by atoms with van der Waals surface area (Å²) in [6, 6.07) is 0. The van der Waals surface area contributed by atoms with Crippen molar-refractivity contribution in [2.75, 3.05) is 6.54 Å².